The van der Waals surface area contributed by atoms with E-state index in [4.69, 9.17) is 14.2 Å². The highest BCUT2D eigenvalue weighted by molar-refractivity contribution is 14.0. The van der Waals surface area contributed by atoms with Gasteiger partial charge in [0.1, 0.15) is 0 Å². The van der Waals surface area contributed by atoms with Crippen LogP contribution in [0.4, 0.5) is 0 Å². The SMILES string of the molecule is CCNC(=NCCCOC1CCOCC1)NC(C)COC.I. The van der Waals surface area contributed by atoms with Crippen LogP contribution in [0.2, 0.25) is 0 Å². The van der Waals surface area contributed by atoms with Gasteiger partial charge in [0.15, 0.2) is 5.96 Å². The predicted molar refractivity (Wildman–Crippen MR) is 100 cm³/mol. The lowest BCUT2D eigenvalue weighted by molar-refractivity contribution is -0.0318. The molecule has 0 bridgehead atoms. The lowest BCUT2D eigenvalue weighted by Gasteiger charge is -2.22. The lowest BCUT2D eigenvalue weighted by Crippen LogP contribution is -2.44. The Morgan fingerprint density at radius 2 is 2.09 bits per heavy atom. The first-order valence-electron chi connectivity index (χ1n) is 7.99. The molecule has 0 radical (unpaired) electrons. The highest BCUT2D eigenvalue weighted by Crippen LogP contribution is 2.10. The van der Waals surface area contributed by atoms with Crippen LogP contribution in [0, 0.1) is 0 Å². The zero-order chi connectivity index (χ0) is 15.3. The summed E-state index contributed by atoms with van der Waals surface area (Å²) in [4.78, 5) is 4.55. The number of ether oxygens (including phenoxy) is 3. The standard InChI is InChI=1S/C15H31N3O3.HI/c1-4-16-15(18-13(2)12-19-3)17-8-5-9-21-14-6-10-20-11-7-14;/h13-14H,4-12H2,1-3H3,(H2,16,17,18);1H. The van der Waals surface area contributed by atoms with E-state index in [-0.39, 0.29) is 30.0 Å². The molecule has 132 valence electrons. The van der Waals surface area contributed by atoms with Gasteiger partial charge in [-0.25, -0.2) is 0 Å². The largest absolute Gasteiger partial charge is 0.383 e. The fraction of sp³-hybridized carbons (Fsp3) is 0.933. The molecule has 1 rings (SSSR count). The Labute approximate surface area is 151 Å². The molecule has 7 heteroatoms. The minimum atomic E-state index is 0. The van der Waals surface area contributed by atoms with E-state index < -0.39 is 0 Å². The number of hydrogen-bond donors (Lipinski definition) is 2. The molecule has 1 atom stereocenters. The Bertz CT molecular complexity index is 287. The Hall–Kier alpha value is -0.120. The van der Waals surface area contributed by atoms with Crippen molar-refractivity contribution in [2.24, 2.45) is 4.99 Å². The molecule has 1 aliphatic heterocycles. The van der Waals surface area contributed by atoms with Crippen molar-refractivity contribution in [2.75, 3.05) is 46.6 Å². The van der Waals surface area contributed by atoms with Crippen molar-refractivity contribution in [3.63, 3.8) is 0 Å². The molecule has 0 aromatic carbocycles. The highest BCUT2D eigenvalue weighted by Gasteiger charge is 2.13. The maximum atomic E-state index is 5.83. The monoisotopic (exact) mass is 429 g/mol. The van der Waals surface area contributed by atoms with Crippen LogP contribution >= 0.6 is 24.0 Å². The fourth-order valence-corrected chi connectivity index (χ4v) is 2.19. The molecular weight excluding hydrogens is 397 g/mol. The van der Waals surface area contributed by atoms with Crippen molar-refractivity contribution in [2.45, 2.75) is 45.3 Å². The molecule has 1 saturated heterocycles. The van der Waals surface area contributed by atoms with Gasteiger partial charge in [-0.05, 0) is 33.1 Å². The summed E-state index contributed by atoms with van der Waals surface area (Å²) in [6.45, 7) is 8.83. The third-order valence-corrected chi connectivity index (χ3v) is 3.24. The van der Waals surface area contributed by atoms with Crippen LogP contribution in [0.3, 0.4) is 0 Å². The van der Waals surface area contributed by atoms with Crippen molar-refractivity contribution in [3.05, 3.63) is 0 Å². The number of rotatable bonds is 9. The Morgan fingerprint density at radius 3 is 2.73 bits per heavy atom. The topological polar surface area (TPSA) is 64.1 Å². The maximum absolute atomic E-state index is 5.83. The molecule has 22 heavy (non-hydrogen) atoms. The second-order valence-corrected chi connectivity index (χ2v) is 5.30. The van der Waals surface area contributed by atoms with Crippen molar-refractivity contribution in [3.8, 4) is 0 Å². The van der Waals surface area contributed by atoms with Crippen LogP contribution in [-0.2, 0) is 14.2 Å². The van der Waals surface area contributed by atoms with Crippen LogP contribution in [0.15, 0.2) is 4.99 Å². The number of nitrogens with one attached hydrogen (secondary N) is 2. The van der Waals surface area contributed by atoms with Gasteiger partial charge in [0, 0.05) is 46.1 Å². The van der Waals surface area contributed by atoms with Crippen molar-refractivity contribution >= 4 is 29.9 Å². The minimum absolute atomic E-state index is 0. The number of hydrogen-bond acceptors (Lipinski definition) is 4. The second kappa shape index (κ2) is 14.5. The van der Waals surface area contributed by atoms with Gasteiger partial charge in [-0.2, -0.15) is 0 Å². The highest BCUT2D eigenvalue weighted by atomic mass is 127. The van der Waals surface area contributed by atoms with E-state index in [0.29, 0.717) is 12.7 Å². The Morgan fingerprint density at radius 1 is 1.36 bits per heavy atom. The zero-order valence-corrected chi connectivity index (χ0v) is 16.4. The summed E-state index contributed by atoms with van der Waals surface area (Å²) in [5, 5.41) is 6.55. The molecule has 2 N–H and O–H groups in total. The van der Waals surface area contributed by atoms with Crippen LogP contribution in [-0.4, -0.2) is 64.7 Å². The molecule has 1 heterocycles. The summed E-state index contributed by atoms with van der Waals surface area (Å²) < 4.78 is 16.3. The smallest absolute Gasteiger partial charge is 0.191 e. The molecule has 0 amide bonds. The van der Waals surface area contributed by atoms with E-state index in [2.05, 4.69) is 29.5 Å². The molecule has 1 fully saturated rings. The van der Waals surface area contributed by atoms with E-state index >= 15 is 0 Å². The first-order chi connectivity index (χ1) is 10.3. The van der Waals surface area contributed by atoms with Crippen LogP contribution < -0.4 is 10.6 Å². The van der Waals surface area contributed by atoms with Gasteiger partial charge in [0.25, 0.3) is 0 Å². The molecular formula is C15H32IN3O3. The molecule has 0 aliphatic carbocycles. The van der Waals surface area contributed by atoms with Gasteiger partial charge in [0.05, 0.1) is 12.7 Å². The molecule has 0 spiro atoms. The van der Waals surface area contributed by atoms with Gasteiger partial charge in [0.2, 0.25) is 0 Å². The van der Waals surface area contributed by atoms with Gasteiger partial charge in [-0.15, -0.1) is 24.0 Å². The third-order valence-electron chi connectivity index (χ3n) is 3.24. The number of aliphatic imine (C=N–C) groups is 1. The van der Waals surface area contributed by atoms with Crippen LogP contribution in [0.1, 0.15) is 33.1 Å². The molecule has 1 unspecified atom stereocenters. The van der Waals surface area contributed by atoms with Gasteiger partial charge in [-0.3, -0.25) is 4.99 Å². The summed E-state index contributed by atoms with van der Waals surface area (Å²) in [5.74, 6) is 0.841. The number of nitrogens with zero attached hydrogens (tertiary/aromatic N) is 1. The average Bonchev–Trinajstić information content (AvgIpc) is 2.48. The van der Waals surface area contributed by atoms with Crippen molar-refractivity contribution < 1.29 is 14.2 Å². The first kappa shape index (κ1) is 21.9. The number of halogens is 1. The first-order valence-corrected chi connectivity index (χ1v) is 7.99. The maximum Gasteiger partial charge on any atom is 0.191 e. The summed E-state index contributed by atoms with van der Waals surface area (Å²) in [6.07, 6.45) is 3.34. The third kappa shape index (κ3) is 10.6. The summed E-state index contributed by atoms with van der Waals surface area (Å²) in [5.41, 5.74) is 0. The van der Waals surface area contributed by atoms with E-state index in [1.807, 2.05) is 0 Å². The molecule has 0 aromatic heterocycles. The average molecular weight is 429 g/mol. The summed E-state index contributed by atoms with van der Waals surface area (Å²) in [7, 11) is 1.70. The number of guanidine groups is 1. The molecule has 1 aliphatic rings. The van der Waals surface area contributed by atoms with Crippen molar-refractivity contribution in [1.82, 2.24) is 10.6 Å². The van der Waals surface area contributed by atoms with Gasteiger partial charge < -0.3 is 24.8 Å². The summed E-state index contributed by atoms with van der Waals surface area (Å²) in [6, 6.07) is 0.242. The van der Waals surface area contributed by atoms with E-state index in [0.717, 1.165) is 58.1 Å². The minimum Gasteiger partial charge on any atom is -0.383 e. The van der Waals surface area contributed by atoms with E-state index in [1.165, 1.54) is 0 Å². The van der Waals surface area contributed by atoms with Crippen molar-refractivity contribution in [1.29, 1.82) is 0 Å². The Kier molecular flexibility index (Phi) is 14.4. The quantitative estimate of drug-likeness (QED) is 0.253. The molecule has 0 aromatic rings. The lowest BCUT2D eigenvalue weighted by atomic mass is 10.1. The Balaban J connectivity index is 0.00000441. The normalized spacial score (nSPS) is 17.7. The molecule has 0 saturated carbocycles. The fourth-order valence-electron chi connectivity index (χ4n) is 2.19. The molecule has 6 nitrogen and oxygen atoms in total. The zero-order valence-electron chi connectivity index (χ0n) is 14.1. The van der Waals surface area contributed by atoms with Crippen LogP contribution in [0.25, 0.3) is 0 Å². The van der Waals surface area contributed by atoms with Gasteiger partial charge in [-0.1, -0.05) is 0 Å². The van der Waals surface area contributed by atoms with E-state index in [9.17, 15) is 0 Å². The second-order valence-electron chi connectivity index (χ2n) is 5.30. The van der Waals surface area contributed by atoms with Gasteiger partial charge >= 0.3 is 0 Å². The van der Waals surface area contributed by atoms with E-state index in [1.54, 1.807) is 7.11 Å². The van der Waals surface area contributed by atoms with Crippen LogP contribution in [0.5, 0.6) is 0 Å². The number of methoxy groups -OCH3 is 1. The summed E-state index contributed by atoms with van der Waals surface area (Å²) >= 11 is 0. The predicted octanol–water partition coefficient (Wildman–Crippen LogP) is 1.78.